The fourth-order valence-corrected chi connectivity index (χ4v) is 3.12. The van der Waals surface area contributed by atoms with Crippen molar-refractivity contribution in [2.24, 2.45) is 0 Å². The van der Waals surface area contributed by atoms with Crippen molar-refractivity contribution in [2.75, 3.05) is 18.5 Å². The number of rotatable bonds is 3. The van der Waals surface area contributed by atoms with Crippen molar-refractivity contribution in [2.45, 2.75) is 19.9 Å². The number of hydrogen-bond donors (Lipinski definition) is 3. The Morgan fingerprint density at radius 2 is 2.27 bits per heavy atom. The third-order valence-electron chi connectivity index (χ3n) is 3.81. The van der Waals surface area contributed by atoms with E-state index in [0.29, 0.717) is 30.3 Å². The number of fused-ring (bicyclic) bond motifs is 1. The third kappa shape index (κ3) is 2.69. The van der Waals surface area contributed by atoms with Crippen LogP contribution in [0.4, 0.5) is 10.2 Å². The van der Waals surface area contributed by atoms with E-state index in [-0.39, 0.29) is 16.1 Å². The second kappa shape index (κ2) is 6.02. The fraction of sp³-hybridized carbons (Fsp3) is 0.333. The monoisotopic (exact) mass is 321 g/mol. The second-order valence-electron chi connectivity index (χ2n) is 5.43. The lowest BCUT2D eigenvalue weighted by Gasteiger charge is -2.28. The standard InChI is InChI=1S/C15H17FN4OS/c1-2-6-19-8-12-13(17-9-19)20(15(22)18-14(12)21)11-5-3-4-10(16)7-11/h3-5,7,17H,2,6,8-9H2,1H3,(H,18,21,22)/p+1. The van der Waals surface area contributed by atoms with Crippen LogP contribution >= 0.6 is 12.2 Å². The van der Waals surface area contributed by atoms with Gasteiger partial charge in [-0.3, -0.25) is 14.3 Å². The topological polar surface area (TPSA) is 54.3 Å². The highest BCUT2D eigenvalue weighted by molar-refractivity contribution is 7.71. The van der Waals surface area contributed by atoms with Gasteiger partial charge in [0.1, 0.15) is 23.7 Å². The zero-order valence-corrected chi connectivity index (χ0v) is 13.1. The molecule has 2 aromatic rings. The molecule has 1 aromatic carbocycles. The summed E-state index contributed by atoms with van der Waals surface area (Å²) in [6.07, 6.45) is 1.05. The van der Waals surface area contributed by atoms with Gasteiger partial charge in [-0.1, -0.05) is 13.0 Å². The normalized spacial score (nSPS) is 16.9. The molecule has 0 radical (unpaired) electrons. The van der Waals surface area contributed by atoms with Crippen LogP contribution in [-0.4, -0.2) is 22.8 Å². The molecule has 1 aromatic heterocycles. The fourth-order valence-electron chi connectivity index (χ4n) is 2.84. The predicted octanol–water partition coefficient (Wildman–Crippen LogP) is 1.21. The molecule has 7 heteroatoms. The van der Waals surface area contributed by atoms with Gasteiger partial charge in [0.2, 0.25) is 0 Å². The van der Waals surface area contributed by atoms with Gasteiger partial charge in [-0.05, 0) is 36.8 Å². The zero-order valence-electron chi connectivity index (χ0n) is 12.3. The van der Waals surface area contributed by atoms with Crippen LogP contribution in [0.2, 0.25) is 0 Å². The van der Waals surface area contributed by atoms with Crippen molar-refractivity contribution in [3.05, 3.63) is 50.8 Å². The van der Waals surface area contributed by atoms with Crippen LogP contribution < -0.4 is 15.8 Å². The van der Waals surface area contributed by atoms with Gasteiger partial charge in [-0.25, -0.2) is 4.39 Å². The van der Waals surface area contributed by atoms with E-state index in [9.17, 15) is 9.18 Å². The molecular weight excluding hydrogens is 303 g/mol. The first kappa shape index (κ1) is 14.9. The molecule has 0 aliphatic carbocycles. The highest BCUT2D eigenvalue weighted by Gasteiger charge is 2.24. The van der Waals surface area contributed by atoms with Crippen LogP contribution in [0.5, 0.6) is 0 Å². The number of hydrogen-bond acceptors (Lipinski definition) is 3. The maximum atomic E-state index is 13.5. The van der Waals surface area contributed by atoms with Crippen LogP contribution in [0.15, 0.2) is 29.1 Å². The zero-order chi connectivity index (χ0) is 15.7. The highest BCUT2D eigenvalue weighted by atomic mass is 32.1. The van der Waals surface area contributed by atoms with Gasteiger partial charge in [0.25, 0.3) is 5.56 Å². The van der Waals surface area contributed by atoms with Crippen molar-refractivity contribution in [1.82, 2.24) is 9.55 Å². The summed E-state index contributed by atoms with van der Waals surface area (Å²) in [4.78, 5) is 16.2. The molecule has 116 valence electrons. The van der Waals surface area contributed by atoms with Crippen LogP contribution in [-0.2, 0) is 6.54 Å². The molecule has 3 rings (SSSR count). The summed E-state index contributed by atoms with van der Waals surface area (Å²) < 4.78 is 15.5. The predicted molar refractivity (Wildman–Crippen MR) is 85.5 cm³/mol. The summed E-state index contributed by atoms with van der Waals surface area (Å²) in [5.41, 5.74) is 1.09. The molecule has 1 aliphatic rings. The average molecular weight is 321 g/mol. The summed E-state index contributed by atoms with van der Waals surface area (Å²) >= 11 is 5.27. The maximum Gasteiger partial charge on any atom is 0.262 e. The quantitative estimate of drug-likeness (QED) is 0.745. The SMILES string of the molecule is CCC[NH+]1CNc2c(c(=O)[nH]c(=S)n2-c2cccc(F)c2)C1. The van der Waals surface area contributed by atoms with Gasteiger partial charge < -0.3 is 10.2 Å². The third-order valence-corrected chi connectivity index (χ3v) is 4.09. The van der Waals surface area contributed by atoms with E-state index < -0.39 is 0 Å². The minimum Gasteiger partial charge on any atom is -0.324 e. The highest BCUT2D eigenvalue weighted by Crippen LogP contribution is 2.19. The smallest absolute Gasteiger partial charge is 0.262 e. The first-order valence-corrected chi connectivity index (χ1v) is 7.72. The molecule has 0 amide bonds. The molecule has 1 unspecified atom stereocenters. The van der Waals surface area contributed by atoms with Crippen LogP contribution in [0, 0.1) is 10.6 Å². The molecule has 0 saturated heterocycles. The number of nitrogens with one attached hydrogen (secondary N) is 3. The summed E-state index contributed by atoms with van der Waals surface area (Å²) in [6.45, 7) is 4.46. The Hall–Kier alpha value is -1.99. The summed E-state index contributed by atoms with van der Waals surface area (Å²) in [6, 6.07) is 6.18. The molecule has 0 bridgehead atoms. The number of aromatic amines is 1. The molecule has 0 spiro atoms. The lowest BCUT2D eigenvalue weighted by atomic mass is 10.2. The van der Waals surface area contributed by atoms with Gasteiger partial charge in [0.15, 0.2) is 11.4 Å². The Balaban J connectivity index is 2.15. The Kier molecular flexibility index (Phi) is 4.08. The molecule has 22 heavy (non-hydrogen) atoms. The first-order chi connectivity index (χ1) is 10.6. The number of quaternary nitrogens is 1. The second-order valence-corrected chi connectivity index (χ2v) is 5.82. The van der Waals surface area contributed by atoms with Gasteiger partial charge in [0.05, 0.1) is 12.2 Å². The van der Waals surface area contributed by atoms with E-state index in [1.807, 2.05) is 0 Å². The van der Waals surface area contributed by atoms with Crippen molar-refractivity contribution in [1.29, 1.82) is 0 Å². The number of halogens is 1. The van der Waals surface area contributed by atoms with Crippen molar-refractivity contribution in [3.8, 4) is 5.69 Å². The number of aromatic nitrogens is 2. The molecule has 2 heterocycles. The first-order valence-electron chi connectivity index (χ1n) is 7.31. The number of anilines is 1. The van der Waals surface area contributed by atoms with Gasteiger partial charge in [-0.2, -0.15) is 0 Å². The van der Waals surface area contributed by atoms with E-state index >= 15 is 0 Å². The Bertz CT molecular complexity index is 814. The molecule has 5 nitrogen and oxygen atoms in total. The van der Waals surface area contributed by atoms with Crippen LogP contribution in [0.3, 0.4) is 0 Å². The minimum atomic E-state index is -0.339. The average Bonchev–Trinajstić information content (AvgIpc) is 2.48. The van der Waals surface area contributed by atoms with E-state index in [4.69, 9.17) is 12.2 Å². The van der Waals surface area contributed by atoms with E-state index in [1.54, 1.807) is 16.7 Å². The lowest BCUT2D eigenvalue weighted by molar-refractivity contribution is -0.912. The van der Waals surface area contributed by atoms with Gasteiger partial charge >= 0.3 is 0 Å². The number of H-pyrrole nitrogens is 1. The van der Waals surface area contributed by atoms with E-state index in [2.05, 4.69) is 17.2 Å². The molecule has 0 saturated carbocycles. The van der Waals surface area contributed by atoms with Crippen molar-refractivity contribution < 1.29 is 9.29 Å². The van der Waals surface area contributed by atoms with Gasteiger partial charge in [0, 0.05) is 0 Å². The molecule has 0 fully saturated rings. The molecule has 3 N–H and O–H groups in total. The number of benzene rings is 1. The number of nitrogens with zero attached hydrogens (tertiary/aromatic N) is 1. The molecule has 1 aliphatic heterocycles. The summed E-state index contributed by atoms with van der Waals surface area (Å²) in [7, 11) is 0. The Morgan fingerprint density at radius 3 is 3.00 bits per heavy atom. The summed E-state index contributed by atoms with van der Waals surface area (Å²) in [5.74, 6) is 0.326. The Morgan fingerprint density at radius 1 is 1.45 bits per heavy atom. The van der Waals surface area contributed by atoms with E-state index in [1.165, 1.54) is 17.0 Å². The van der Waals surface area contributed by atoms with Crippen LogP contribution in [0.1, 0.15) is 18.9 Å². The largest absolute Gasteiger partial charge is 0.324 e. The van der Waals surface area contributed by atoms with Crippen molar-refractivity contribution in [3.63, 3.8) is 0 Å². The van der Waals surface area contributed by atoms with E-state index in [0.717, 1.165) is 13.0 Å². The molecular formula is C15H18FN4OS+. The Labute approximate surface area is 132 Å². The van der Waals surface area contributed by atoms with Gasteiger partial charge in [-0.15, -0.1) is 0 Å². The maximum absolute atomic E-state index is 13.5. The molecule has 1 atom stereocenters. The summed E-state index contributed by atoms with van der Waals surface area (Å²) in [5, 5.41) is 3.28. The lowest BCUT2D eigenvalue weighted by Crippen LogP contribution is -3.12. The van der Waals surface area contributed by atoms with Crippen LogP contribution in [0.25, 0.3) is 5.69 Å². The minimum absolute atomic E-state index is 0.173. The van der Waals surface area contributed by atoms with Crippen molar-refractivity contribution >= 4 is 18.0 Å².